The van der Waals surface area contributed by atoms with Gasteiger partial charge in [-0.2, -0.15) is 0 Å². The maximum absolute atomic E-state index is 13.3. The Hall–Kier alpha value is -3.60. The van der Waals surface area contributed by atoms with Gasteiger partial charge in [-0.05, 0) is 49.1 Å². The number of nitrogens with one attached hydrogen (secondary N) is 1. The number of aromatic nitrogens is 3. The zero-order valence-electron chi connectivity index (χ0n) is 19.8. The number of nitrogens with zero attached hydrogens (tertiary/aromatic N) is 3. The number of aryl methyl sites for hydroxylation is 2. The summed E-state index contributed by atoms with van der Waals surface area (Å²) in [5.41, 5.74) is 15.6. The fourth-order valence-corrected chi connectivity index (χ4v) is 3.78. The summed E-state index contributed by atoms with van der Waals surface area (Å²) >= 11 is 0. The van der Waals surface area contributed by atoms with Crippen molar-refractivity contribution in [3.8, 4) is 5.69 Å². The largest absolute Gasteiger partial charge is 0.383 e. The van der Waals surface area contributed by atoms with Crippen molar-refractivity contribution in [2.45, 2.75) is 33.4 Å². The number of methoxy groups -OCH3 is 1. The average molecular weight is 467 g/mol. The number of rotatable bonds is 9. The normalized spacial score (nSPS) is 11.9. The van der Waals surface area contributed by atoms with E-state index >= 15 is 0 Å². The van der Waals surface area contributed by atoms with Gasteiger partial charge < -0.3 is 26.3 Å². The highest BCUT2D eigenvalue weighted by Gasteiger charge is 2.21. The third-order valence-electron chi connectivity index (χ3n) is 5.28. The second kappa shape index (κ2) is 11.0. The van der Waals surface area contributed by atoms with Crippen molar-refractivity contribution in [3.05, 3.63) is 75.1 Å². The van der Waals surface area contributed by atoms with Crippen LogP contribution < -0.4 is 22.3 Å². The molecule has 1 atom stereocenters. The highest BCUT2D eigenvalue weighted by Crippen LogP contribution is 2.21. The molecular weight excluding hydrogens is 436 g/mol. The predicted molar refractivity (Wildman–Crippen MR) is 130 cm³/mol. The molecule has 1 amide bonds. The molecule has 3 rings (SSSR count). The molecule has 0 saturated carbocycles. The predicted octanol–water partition coefficient (Wildman–Crippen LogP) is 2.26. The first-order chi connectivity index (χ1) is 16.3. The minimum Gasteiger partial charge on any atom is -0.383 e. The summed E-state index contributed by atoms with van der Waals surface area (Å²) in [7, 11) is 1.62. The molecular formula is C24H30N6O4. The summed E-state index contributed by atoms with van der Waals surface area (Å²) in [6, 6.07) is 5.13. The number of carbonyl (C=O) groups is 1. The van der Waals surface area contributed by atoms with Gasteiger partial charge in [0.15, 0.2) is 0 Å². The molecule has 10 heteroatoms. The number of carbonyl (C=O) groups excluding carboxylic acids is 1. The van der Waals surface area contributed by atoms with Crippen LogP contribution in [0.4, 0.5) is 11.5 Å². The molecule has 0 bridgehead atoms. The quantitative estimate of drug-likeness (QED) is 0.435. The van der Waals surface area contributed by atoms with Gasteiger partial charge in [0.2, 0.25) is 0 Å². The van der Waals surface area contributed by atoms with Crippen molar-refractivity contribution >= 4 is 17.4 Å². The van der Waals surface area contributed by atoms with Crippen molar-refractivity contribution in [2.75, 3.05) is 31.4 Å². The van der Waals surface area contributed by atoms with Gasteiger partial charge in [0.05, 0.1) is 36.8 Å². The number of amides is 1. The standard InChI is InChI=1S/C24H30N6O4/c1-5-34-12-19(25)17-8-18(10-27-9-17)29-23(31)20-22(26)28-13-30(24(20)32)21-14(2)6-16(11-33-4)7-15(21)3/h6-10,13,19H,5,11-12,25-26H2,1-4H3,(H,29,31)/t19-/m1/s1. The van der Waals surface area contributed by atoms with Gasteiger partial charge in [-0.1, -0.05) is 12.1 Å². The van der Waals surface area contributed by atoms with Gasteiger partial charge in [-0.3, -0.25) is 19.1 Å². The fraction of sp³-hybridized carbons (Fsp3) is 0.333. The first-order valence-electron chi connectivity index (χ1n) is 10.8. The van der Waals surface area contributed by atoms with Gasteiger partial charge in [-0.15, -0.1) is 0 Å². The molecule has 2 heterocycles. The summed E-state index contributed by atoms with van der Waals surface area (Å²) in [5, 5.41) is 2.68. The van der Waals surface area contributed by atoms with Crippen molar-refractivity contribution in [2.24, 2.45) is 5.73 Å². The van der Waals surface area contributed by atoms with E-state index in [4.69, 9.17) is 20.9 Å². The minimum atomic E-state index is -0.687. The van der Waals surface area contributed by atoms with Crippen LogP contribution in [0, 0.1) is 13.8 Å². The van der Waals surface area contributed by atoms with Crippen LogP contribution in [0.1, 0.15) is 45.6 Å². The summed E-state index contributed by atoms with van der Waals surface area (Å²) in [6.07, 6.45) is 4.39. The third kappa shape index (κ3) is 5.48. The van der Waals surface area contributed by atoms with E-state index in [9.17, 15) is 9.59 Å². The van der Waals surface area contributed by atoms with Crippen LogP contribution in [0.3, 0.4) is 0 Å². The highest BCUT2D eigenvalue weighted by atomic mass is 16.5. The maximum Gasteiger partial charge on any atom is 0.272 e. The van der Waals surface area contributed by atoms with Crippen LogP contribution in [-0.4, -0.2) is 40.8 Å². The lowest BCUT2D eigenvalue weighted by Crippen LogP contribution is -2.31. The first-order valence-corrected chi connectivity index (χ1v) is 10.8. The topological polar surface area (TPSA) is 147 Å². The van der Waals surface area contributed by atoms with E-state index in [0.29, 0.717) is 36.8 Å². The van der Waals surface area contributed by atoms with Crippen LogP contribution in [0.15, 0.2) is 41.7 Å². The van der Waals surface area contributed by atoms with Crippen LogP contribution in [0.5, 0.6) is 0 Å². The summed E-state index contributed by atoms with van der Waals surface area (Å²) in [4.78, 5) is 34.6. The lowest BCUT2D eigenvalue weighted by molar-refractivity contribution is 0.102. The molecule has 0 spiro atoms. The van der Waals surface area contributed by atoms with Crippen molar-refractivity contribution in [3.63, 3.8) is 0 Å². The Morgan fingerprint density at radius 1 is 1.21 bits per heavy atom. The molecule has 0 saturated heterocycles. The molecule has 1 aromatic carbocycles. The van der Waals surface area contributed by atoms with Gasteiger partial charge in [0, 0.05) is 19.9 Å². The van der Waals surface area contributed by atoms with Crippen LogP contribution in [0.2, 0.25) is 0 Å². The molecule has 0 unspecified atom stereocenters. The van der Waals surface area contributed by atoms with Gasteiger partial charge in [-0.25, -0.2) is 4.98 Å². The smallest absolute Gasteiger partial charge is 0.272 e. The molecule has 0 aliphatic heterocycles. The summed E-state index contributed by atoms with van der Waals surface area (Å²) in [5.74, 6) is -0.852. The molecule has 10 nitrogen and oxygen atoms in total. The van der Waals surface area contributed by atoms with E-state index in [1.165, 1.54) is 17.1 Å². The number of ether oxygens (including phenoxy) is 2. The Bertz CT molecular complexity index is 1220. The molecule has 0 radical (unpaired) electrons. The van der Waals surface area contributed by atoms with Crippen LogP contribution >= 0.6 is 0 Å². The van der Waals surface area contributed by atoms with Gasteiger partial charge in [0.25, 0.3) is 11.5 Å². The van der Waals surface area contributed by atoms with Gasteiger partial charge >= 0.3 is 0 Å². The highest BCUT2D eigenvalue weighted by molar-refractivity contribution is 6.06. The molecule has 5 N–H and O–H groups in total. The average Bonchev–Trinajstić information content (AvgIpc) is 2.79. The maximum atomic E-state index is 13.3. The van der Waals surface area contributed by atoms with E-state index in [2.05, 4.69) is 15.3 Å². The first kappa shape index (κ1) is 25.0. The Kier molecular flexibility index (Phi) is 8.11. The monoisotopic (exact) mass is 466 g/mol. The number of hydrogen-bond acceptors (Lipinski definition) is 8. The van der Waals surface area contributed by atoms with E-state index in [0.717, 1.165) is 16.7 Å². The Morgan fingerprint density at radius 3 is 2.56 bits per heavy atom. The van der Waals surface area contributed by atoms with Crippen molar-refractivity contribution < 1.29 is 14.3 Å². The van der Waals surface area contributed by atoms with Crippen molar-refractivity contribution in [1.29, 1.82) is 0 Å². The number of anilines is 2. The van der Waals surface area contributed by atoms with Crippen molar-refractivity contribution in [1.82, 2.24) is 14.5 Å². The van der Waals surface area contributed by atoms with E-state index < -0.39 is 17.5 Å². The zero-order chi connectivity index (χ0) is 24.8. The van der Waals surface area contributed by atoms with Gasteiger partial charge in [0.1, 0.15) is 17.7 Å². The summed E-state index contributed by atoms with van der Waals surface area (Å²) < 4.78 is 11.9. The Balaban J connectivity index is 1.95. The summed E-state index contributed by atoms with van der Waals surface area (Å²) in [6.45, 7) is 6.95. The number of hydrogen-bond donors (Lipinski definition) is 3. The second-order valence-corrected chi connectivity index (χ2v) is 7.92. The van der Waals surface area contributed by atoms with E-state index in [-0.39, 0.29) is 11.4 Å². The molecule has 0 fully saturated rings. The SMILES string of the molecule is CCOC[C@@H](N)c1cncc(NC(=O)c2c(N)ncn(-c3c(C)cc(COC)cc3C)c2=O)c1. The Morgan fingerprint density at radius 2 is 1.91 bits per heavy atom. The molecule has 34 heavy (non-hydrogen) atoms. The molecule has 3 aromatic rings. The second-order valence-electron chi connectivity index (χ2n) is 7.92. The zero-order valence-corrected chi connectivity index (χ0v) is 19.8. The number of benzene rings is 1. The van der Waals surface area contributed by atoms with Crippen LogP contribution in [-0.2, 0) is 16.1 Å². The third-order valence-corrected chi connectivity index (χ3v) is 5.28. The number of nitrogens with two attached hydrogens (primary N) is 2. The minimum absolute atomic E-state index is 0.165. The lowest BCUT2D eigenvalue weighted by Gasteiger charge is -2.16. The fourth-order valence-electron chi connectivity index (χ4n) is 3.78. The molecule has 2 aromatic heterocycles. The van der Waals surface area contributed by atoms with E-state index in [1.54, 1.807) is 19.4 Å². The Labute approximate surface area is 197 Å². The van der Waals surface area contributed by atoms with Crippen LogP contribution in [0.25, 0.3) is 5.69 Å². The van der Waals surface area contributed by atoms with E-state index in [1.807, 2.05) is 32.9 Å². The molecule has 0 aliphatic rings. The number of nitrogen functional groups attached to an aromatic ring is 1. The molecule has 0 aliphatic carbocycles. The number of pyridine rings is 1. The lowest BCUT2D eigenvalue weighted by atomic mass is 10.0. The molecule has 180 valence electrons.